The summed E-state index contributed by atoms with van der Waals surface area (Å²) in [5.41, 5.74) is 5.38. The van der Waals surface area contributed by atoms with E-state index in [0.29, 0.717) is 6.54 Å². The number of nitrogens with zero attached hydrogens (tertiary/aromatic N) is 2. The van der Waals surface area contributed by atoms with Crippen molar-refractivity contribution in [3.8, 4) is 10.4 Å². The number of aryl methyl sites for hydroxylation is 2. The Bertz CT molecular complexity index is 1080. The van der Waals surface area contributed by atoms with Crippen molar-refractivity contribution < 1.29 is 19.5 Å². The highest BCUT2D eigenvalue weighted by atomic mass is 32.1. The predicted molar refractivity (Wildman–Crippen MR) is 143 cm³/mol. The molecule has 3 amide bonds. The number of carbonyl (C=O) groups excluding carboxylic acids is 3. The molecule has 1 fully saturated rings. The van der Waals surface area contributed by atoms with Crippen LogP contribution in [0.2, 0.25) is 0 Å². The highest BCUT2D eigenvalue weighted by molar-refractivity contribution is 7.13. The van der Waals surface area contributed by atoms with Crippen LogP contribution < -0.4 is 10.6 Å². The number of carbonyl (C=O) groups is 3. The number of likely N-dealkylation sites (tertiary alicyclic amines) is 1. The lowest BCUT2D eigenvalue weighted by Gasteiger charge is -2.35. The molecule has 1 aliphatic rings. The molecule has 36 heavy (non-hydrogen) atoms. The molecule has 0 spiro atoms. The Labute approximate surface area is 218 Å². The highest BCUT2D eigenvalue weighted by Gasteiger charge is 2.44. The molecule has 3 N–H and O–H groups in total. The normalized spacial score (nSPS) is 18.2. The van der Waals surface area contributed by atoms with Gasteiger partial charge in [-0.25, -0.2) is 4.98 Å². The van der Waals surface area contributed by atoms with E-state index in [9.17, 15) is 19.5 Å². The first kappa shape index (κ1) is 29.5. The summed E-state index contributed by atoms with van der Waals surface area (Å²) in [6.07, 6.45) is -0.627. The van der Waals surface area contributed by atoms with Crippen molar-refractivity contribution in [3.63, 3.8) is 0 Å². The van der Waals surface area contributed by atoms with E-state index in [1.54, 1.807) is 11.3 Å². The summed E-state index contributed by atoms with van der Waals surface area (Å²) in [7, 11) is 0. The number of hydrogen-bond acceptors (Lipinski definition) is 6. The maximum atomic E-state index is 13.3. The number of aliphatic hydroxyl groups excluding tert-OH is 1. The molecule has 2 heterocycles. The lowest BCUT2D eigenvalue weighted by Crippen LogP contribution is -2.57. The number of β-amino-alcohol motifs (C(OH)–C–C–N with tert-alkyl or cyclic N) is 1. The monoisotopic (exact) mass is 516 g/mol. The minimum atomic E-state index is -0.796. The van der Waals surface area contributed by atoms with Crippen molar-refractivity contribution in [1.82, 2.24) is 20.5 Å². The molecule has 198 valence electrons. The maximum absolute atomic E-state index is 13.3. The van der Waals surface area contributed by atoms with E-state index in [-0.39, 0.29) is 30.7 Å². The summed E-state index contributed by atoms with van der Waals surface area (Å²) in [6, 6.07) is 4.50. The third-order valence-electron chi connectivity index (χ3n) is 6.13. The molecule has 0 aliphatic carbocycles. The molecule has 1 aliphatic heterocycles. The van der Waals surface area contributed by atoms with Crippen molar-refractivity contribution in [3.05, 3.63) is 40.5 Å². The van der Waals surface area contributed by atoms with E-state index >= 15 is 0 Å². The summed E-state index contributed by atoms with van der Waals surface area (Å²) in [6.45, 7) is 15.3. The van der Waals surface area contributed by atoms with Gasteiger partial charge in [-0.15, -0.1) is 11.3 Å². The SMILES string of the molecule is CC.CC(=O)NC(C(=O)N1CC(O)CC1C(=O)NCc1ccc(-c2scnc2C)cc1C)C(C)(C)C. The molecular formula is C27H40N4O4S. The van der Waals surface area contributed by atoms with Gasteiger partial charge in [0.2, 0.25) is 17.7 Å². The van der Waals surface area contributed by atoms with Crippen LogP contribution >= 0.6 is 11.3 Å². The van der Waals surface area contributed by atoms with Crippen LogP contribution in [0.1, 0.15) is 64.8 Å². The number of benzene rings is 1. The number of amides is 3. The summed E-state index contributed by atoms with van der Waals surface area (Å²) in [5.74, 6) is -0.997. The van der Waals surface area contributed by atoms with Gasteiger partial charge < -0.3 is 20.6 Å². The maximum Gasteiger partial charge on any atom is 0.246 e. The zero-order valence-corrected chi connectivity index (χ0v) is 23.5. The second kappa shape index (κ2) is 12.5. The van der Waals surface area contributed by atoms with Crippen LogP contribution in [0.5, 0.6) is 0 Å². The highest BCUT2D eigenvalue weighted by Crippen LogP contribution is 2.29. The summed E-state index contributed by atoms with van der Waals surface area (Å²) in [5, 5.41) is 15.9. The quantitative estimate of drug-likeness (QED) is 0.543. The number of nitrogens with one attached hydrogen (secondary N) is 2. The Morgan fingerprint density at radius 1 is 1.22 bits per heavy atom. The molecule has 1 aromatic carbocycles. The zero-order chi connectivity index (χ0) is 27.2. The zero-order valence-electron chi connectivity index (χ0n) is 22.6. The average Bonchev–Trinajstić information content (AvgIpc) is 3.42. The van der Waals surface area contributed by atoms with Crippen LogP contribution in [-0.4, -0.2) is 57.4 Å². The first-order valence-electron chi connectivity index (χ1n) is 12.4. The first-order valence-corrected chi connectivity index (χ1v) is 13.3. The van der Waals surface area contributed by atoms with Crippen LogP contribution in [-0.2, 0) is 20.9 Å². The fourth-order valence-corrected chi connectivity index (χ4v) is 5.04. The Hall–Kier alpha value is -2.78. The number of thiazole rings is 1. The Balaban J connectivity index is 0.00000222. The Morgan fingerprint density at radius 3 is 2.42 bits per heavy atom. The molecule has 3 rings (SSSR count). The van der Waals surface area contributed by atoms with Gasteiger partial charge in [0.05, 0.1) is 22.2 Å². The Kier molecular flexibility index (Phi) is 10.2. The molecule has 2 aromatic rings. The smallest absolute Gasteiger partial charge is 0.246 e. The van der Waals surface area contributed by atoms with Gasteiger partial charge in [0, 0.05) is 26.4 Å². The van der Waals surface area contributed by atoms with Gasteiger partial charge in [-0.2, -0.15) is 0 Å². The molecular weight excluding hydrogens is 476 g/mol. The molecule has 8 nitrogen and oxygen atoms in total. The number of aliphatic hydroxyl groups is 1. The van der Waals surface area contributed by atoms with Crippen molar-refractivity contribution in [2.24, 2.45) is 5.41 Å². The lowest BCUT2D eigenvalue weighted by atomic mass is 9.85. The lowest BCUT2D eigenvalue weighted by molar-refractivity contribution is -0.143. The van der Waals surface area contributed by atoms with Crippen LogP contribution in [0.4, 0.5) is 0 Å². The summed E-state index contributed by atoms with van der Waals surface area (Å²) in [4.78, 5) is 44.9. The van der Waals surface area contributed by atoms with E-state index in [4.69, 9.17) is 0 Å². The summed E-state index contributed by atoms with van der Waals surface area (Å²) < 4.78 is 0. The summed E-state index contributed by atoms with van der Waals surface area (Å²) >= 11 is 1.59. The molecule has 0 radical (unpaired) electrons. The predicted octanol–water partition coefficient (Wildman–Crippen LogP) is 3.58. The second-order valence-corrected chi connectivity index (χ2v) is 10.9. The number of rotatable bonds is 6. The van der Waals surface area contributed by atoms with E-state index in [0.717, 1.165) is 27.3 Å². The number of hydrogen-bond donors (Lipinski definition) is 3. The van der Waals surface area contributed by atoms with E-state index in [2.05, 4.69) is 21.7 Å². The Morgan fingerprint density at radius 2 is 1.89 bits per heavy atom. The average molecular weight is 517 g/mol. The molecule has 0 bridgehead atoms. The van der Waals surface area contributed by atoms with Gasteiger partial charge in [0.25, 0.3) is 0 Å². The topological polar surface area (TPSA) is 112 Å². The van der Waals surface area contributed by atoms with Gasteiger partial charge in [-0.1, -0.05) is 52.8 Å². The van der Waals surface area contributed by atoms with E-state index < -0.39 is 23.6 Å². The van der Waals surface area contributed by atoms with E-state index in [1.165, 1.54) is 11.8 Å². The minimum absolute atomic E-state index is 0.0605. The van der Waals surface area contributed by atoms with Crippen LogP contribution in [0.15, 0.2) is 23.7 Å². The molecule has 0 saturated carbocycles. The second-order valence-electron chi connectivity index (χ2n) is 10.0. The fraction of sp³-hybridized carbons (Fsp3) is 0.556. The van der Waals surface area contributed by atoms with Crippen LogP contribution in [0.25, 0.3) is 10.4 Å². The van der Waals surface area contributed by atoms with Crippen molar-refractivity contribution >= 4 is 29.1 Å². The molecule has 1 saturated heterocycles. The number of aromatic nitrogens is 1. The van der Waals surface area contributed by atoms with Gasteiger partial charge in [0.1, 0.15) is 12.1 Å². The van der Waals surface area contributed by atoms with Crippen molar-refractivity contribution in [2.45, 2.75) is 86.5 Å². The first-order chi connectivity index (χ1) is 16.9. The van der Waals surface area contributed by atoms with Gasteiger partial charge >= 0.3 is 0 Å². The van der Waals surface area contributed by atoms with E-state index in [1.807, 2.05) is 66.1 Å². The minimum Gasteiger partial charge on any atom is -0.391 e. The van der Waals surface area contributed by atoms with Crippen LogP contribution in [0, 0.1) is 19.3 Å². The van der Waals surface area contributed by atoms with Crippen LogP contribution in [0.3, 0.4) is 0 Å². The van der Waals surface area contributed by atoms with Crippen molar-refractivity contribution in [2.75, 3.05) is 6.54 Å². The molecule has 3 unspecified atom stereocenters. The van der Waals surface area contributed by atoms with Gasteiger partial charge in [-0.05, 0) is 36.0 Å². The van der Waals surface area contributed by atoms with Gasteiger partial charge in [-0.3, -0.25) is 14.4 Å². The third kappa shape index (κ3) is 7.13. The third-order valence-corrected chi connectivity index (χ3v) is 7.11. The molecule has 1 aromatic heterocycles. The molecule has 3 atom stereocenters. The molecule has 9 heteroatoms. The van der Waals surface area contributed by atoms with Crippen molar-refractivity contribution in [1.29, 1.82) is 0 Å². The largest absolute Gasteiger partial charge is 0.391 e. The fourth-order valence-electron chi connectivity index (χ4n) is 4.24. The standard InChI is InChI=1S/C25H34N4O4S.C2H6/c1-14-9-17(21-15(2)27-13-34-21)7-8-18(14)11-26-23(32)20-10-19(31)12-29(20)24(33)22(25(4,5)6)28-16(3)30;1-2/h7-9,13,19-20,22,31H,10-12H2,1-6H3,(H,26,32)(H,28,30);1-2H3. The van der Waals surface area contributed by atoms with Gasteiger partial charge in [0.15, 0.2) is 0 Å².